The van der Waals surface area contributed by atoms with Crippen molar-refractivity contribution in [2.45, 2.75) is 24.7 Å². The molecular formula is C18H18O3S. The maximum Gasteiger partial charge on any atom is 0.303 e. The molecular weight excluding hydrogens is 296 g/mol. The van der Waals surface area contributed by atoms with Gasteiger partial charge in [0.05, 0.1) is 0 Å². The van der Waals surface area contributed by atoms with Gasteiger partial charge in [0, 0.05) is 18.1 Å². The number of carbonyl (C=O) groups is 2. The van der Waals surface area contributed by atoms with Gasteiger partial charge in [0.15, 0.2) is 5.60 Å². The molecule has 0 aromatic heterocycles. The van der Waals surface area contributed by atoms with Crippen molar-refractivity contribution in [2.24, 2.45) is 0 Å². The van der Waals surface area contributed by atoms with E-state index in [1.54, 1.807) is 0 Å². The van der Waals surface area contributed by atoms with E-state index >= 15 is 0 Å². The van der Waals surface area contributed by atoms with Gasteiger partial charge in [0.25, 0.3) is 0 Å². The SMILES string of the molecule is CC(=O)OC(c1ccccc1)(c1ccccc1)C(S)C(C)=O. The van der Waals surface area contributed by atoms with E-state index in [1.165, 1.54) is 13.8 Å². The predicted octanol–water partition coefficient (Wildman–Crippen LogP) is 3.38. The summed E-state index contributed by atoms with van der Waals surface area (Å²) in [7, 11) is 0. The summed E-state index contributed by atoms with van der Waals surface area (Å²) in [5.41, 5.74) is 0.182. The van der Waals surface area contributed by atoms with E-state index in [4.69, 9.17) is 4.74 Å². The molecule has 0 heterocycles. The maximum absolute atomic E-state index is 12.1. The van der Waals surface area contributed by atoms with Crippen LogP contribution in [0, 0.1) is 0 Å². The first kappa shape index (κ1) is 16.3. The summed E-state index contributed by atoms with van der Waals surface area (Å²) >= 11 is 4.48. The van der Waals surface area contributed by atoms with Crippen LogP contribution in [-0.2, 0) is 19.9 Å². The van der Waals surface area contributed by atoms with E-state index in [0.29, 0.717) is 11.1 Å². The molecule has 0 saturated heterocycles. The number of benzene rings is 2. The van der Waals surface area contributed by atoms with E-state index in [-0.39, 0.29) is 5.78 Å². The first-order valence-electron chi connectivity index (χ1n) is 6.97. The van der Waals surface area contributed by atoms with Crippen LogP contribution < -0.4 is 0 Å². The summed E-state index contributed by atoms with van der Waals surface area (Å²) in [5, 5.41) is -0.804. The minimum absolute atomic E-state index is 0.169. The molecule has 1 unspecified atom stereocenters. The molecule has 4 heteroatoms. The third-order valence-corrected chi connectivity index (χ3v) is 4.21. The predicted molar refractivity (Wildman–Crippen MR) is 88.9 cm³/mol. The van der Waals surface area contributed by atoms with Crippen LogP contribution in [0.4, 0.5) is 0 Å². The number of hydrogen-bond donors (Lipinski definition) is 1. The number of esters is 1. The fourth-order valence-electron chi connectivity index (χ4n) is 2.54. The van der Waals surface area contributed by atoms with Crippen LogP contribution in [0.3, 0.4) is 0 Å². The highest BCUT2D eigenvalue weighted by Gasteiger charge is 2.46. The first-order valence-corrected chi connectivity index (χ1v) is 7.49. The smallest absolute Gasteiger partial charge is 0.303 e. The van der Waals surface area contributed by atoms with Gasteiger partial charge in [-0.1, -0.05) is 60.7 Å². The van der Waals surface area contributed by atoms with Crippen molar-refractivity contribution in [2.75, 3.05) is 0 Å². The summed E-state index contributed by atoms with van der Waals surface area (Å²) in [6, 6.07) is 18.5. The van der Waals surface area contributed by atoms with Gasteiger partial charge in [0.2, 0.25) is 0 Å². The van der Waals surface area contributed by atoms with Crippen molar-refractivity contribution in [3.63, 3.8) is 0 Å². The zero-order chi connectivity index (χ0) is 16.2. The van der Waals surface area contributed by atoms with Gasteiger partial charge in [-0.15, -0.1) is 0 Å². The highest BCUT2D eigenvalue weighted by atomic mass is 32.1. The quantitative estimate of drug-likeness (QED) is 0.679. The molecule has 1 atom stereocenters. The fourth-order valence-corrected chi connectivity index (χ4v) is 2.89. The van der Waals surface area contributed by atoms with Crippen molar-refractivity contribution in [3.8, 4) is 0 Å². The molecule has 0 spiro atoms. The molecule has 0 radical (unpaired) electrons. The summed E-state index contributed by atoms with van der Waals surface area (Å²) in [4.78, 5) is 23.8. The molecule has 0 bridgehead atoms. The average Bonchev–Trinajstić information content (AvgIpc) is 2.53. The molecule has 114 valence electrons. The Balaban J connectivity index is 2.74. The van der Waals surface area contributed by atoms with Gasteiger partial charge in [-0.3, -0.25) is 9.59 Å². The van der Waals surface area contributed by atoms with Crippen molar-refractivity contribution in [1.29, 1.82) is 0 Å². The van der Waals surface area contributed by atoms with Crippen molar-refractivity contribution in [1.82, 2.24) is 0 Å². The average molecular weight is 314 g/mol. The molecule has 22 heavy (non-hydrogen) atoms. The highest BCUT2D eigenvalue weighted by Crippen LogP contribution is 2.40. The molecule has 2 aromatic rings. The van der Waals surface area contributed by atoms with Crippen LogP contribution in [-0.4, -0.2) is 17.0 Å². The molecule has 0 amide bonds. The van der Waals surface area contributed by atoms with Gasteiger partial charge in [-0.05, 0) is 6.92 Å². The second-order valence-corrected chi connectivity index (χ2v) is 5.59. The minimum Gasteiger partial charge on any atom is -0.448 e. The Labute approximate surface area is 135 Å². The van der Waals surface area contributed by atoms with Crippen molar-refractivity contribution in [3.05, 3.63) is 71.8 Å². The Hall–Kier alpha value is -2.07. The van der Waals surface area contributed by atoms with E-state index < -0.39 is 16.8 Å². The fraction of sp³-hybridized carbons (Fsp3) is 0.222. The highest BCUT2D eigenvalue weighted by molar-refractivity contribution is 7.81. The van der Waals surface area contributed by atoms with Gasteiger partial charge < -0.3 is 4.74 Å². The Kier molecular flexibility index (Phi) is 5.03. The summed E-state index contributed by atoms with van der Waals surface area (Å²) in [6.07, 6.45) is 0. The molecule has 2 rings (SSSR count). The topological polar surface area (TPSA) is 43.4 Å². The molecule has 0 aliphatic rings. The van der Waals surface area contributed by atoms with E-state index in [1.807, 2.05) is 60.7 Å². The molecule has 3 nitrogen and oxygen atoms in total. The first-order chi connectivity index (χ1) is 10.5. The largest absolute Gasteiger partial charge is 0.448 e. The van der Waals surface area contributed by atoms with Gasteiger partial charge >= 0.3 is 5.97 Å². The third kappa shape index (κ3) is 3.07. The summed E-state index contributed by atoms with van der Waals surface area (Å²) < 4.78 is 5.70. The zero-order valence-corrected chi connectivity index (χ0v) is 13.4. The standard InChI is InChI=1S/C18H18O3S/c1-13(19)17(22)18(21-14(2)20,15-9-5-3-6-10-15)16-11-7-4-8-12-16/h3-12,17,22H,1-2H3. The van der Waals surface area contributed by atoms with E-state index in [2.05, 4.69) is 12.6 Å². The number of rotatable bonds is 5. The molecule has 0 fully saturated rings. The Bertz CT molecular complexity index is 613. The van der Waals surface area contributed by atoms with E-state index in [9.17, 15) is 9.59 Å². The van der Waals surface area contributed by atoms with Gasteiger partial charge in [-0.2, -0.15) is 12.6 Å². The molecule has 0 aliphatic carbocycles. The van der Waals surface area contributed by atoms with Crippen molar-refractivity contribution < 1.29 is 14.3 Å². The number of ether oxygens (including phenoxy) is 1. The summed E-state index contributed by atoms with van der Waals surface area (Å²) in [6.45, 7) is 2.78. The normalized spacial score (nSPS) is 12.5. The molecule has 0 N–H and O–H groups in total. The second-order valence-electron chi connectivity index (χ2n) is 5.07. The lowest BCUT2D eigenvalue weighted by molar-refractivity contribution is -0.155. The monoisotopic (exact) mass is 314 g/mol. The number of ketones is 1. The van der Waals surface area contributed by atoms with E-state index in [0.717, 1.165) is 0 Å². The lowest BCUT2D eigenvalue weighted by atomic mass is 9.81. The third-order valence-electron chi connectivity index (χ3n) is 3.48. The van der Waals surface area contributed by atoms with Crippen LogP contribution >= 0.6 is 12.6 Å². The van der Waals surface area contributed by atoms with Crippen LogP contribution in [0.5, 0.6) is 0 Å². The zero-order valence-electron chi connectivity index (χ0n) is 12.5. The van der Waals surface area contributed by atoms with Crippen LogP contribution in [0.1, 0.15) is 25.0 Å². The molecule has 0 aliphatic heterocycles. The van der Waals surface area contributed by atoms with Crippen LogP contribution in [0.15, 0.2) is 60.7 Å². The van der Waals surface area contributed by atoms with Crippen LogP contribution in [0.25, 0.3) is 0 Å². The van der Waals surface area contributed by atoms with Crippen molar-refractivity contribution >= 4 is 24.4 Å². The lowest BCUT2D eigenvalue weighted by Crippen LogP contribution is -2.45. The number of thiol groups is 1. The Morgan fingerprint density at radius 3 is 1.64 bits per heavy atom. The number of carbonyl (C=O) groups excluding carboxylic acids is 2. The summed E-state index contributed by atoms with van der Waals surface area (Å²) in [5.74, 6) is -0.634. The molecule has 2 aromatic carbocycles. The minimum atomic E-state index is -1.25. The van der Waals surface area contributed by atoms with Crippen LogP contribution in [0.2, 0.25) is 0 Å². The van der Waals surface area contributed by atoms with Gasteiger partial charge in [-0.25, -0.2) is 0 Å². The Morgan fingerprint density at radius 2 is 1.32 bits per heavy atom. The number of hydrogen-bond acceptors (Lipinski definition) is 4. The molecule has 0 saturated carbocycles. The van der Waals surface area contributed by atoms with Gasteiger partial charge in [0.1, 0.15) is 11.0 Å². The maximum atomic E-state index is 12.1. The Morgan fingerprint density at radius 1 is 0.909 bits per heavy atom. The second kappa shape index (κ2) is 6.79. The number of Topliss-reactive ketones (excluding diaryl/α,β-unsaturated/α-hetero) is 1. The lowest BCUT2D eigenvalue weighted by Gasteiger charge is -2.37.